The van der Waals surface area contributed by atoms with Crippen molar-refractivity contribution in [3.63, 3.8) is 0 Å². The van der Waals surface area contributed by atoms with Gasteiger partial charge in [0.2, 0.25) is 0 Å². The average Bonchev–Trinajstić information content (AvgIpc) is 2.35. The van der Waals surface area contributed by atoms with E-state index >= 15 is 0 Å². The van der Waals surface area contributed by atoms with Crippen molar-refractivity contribution in [1.82, 2.24) is 0 Å². The van der Waals surface area contributed by atoms with E-state index in [4.69, 9.17) is 22.4 Å². The average molecular weight is 228 g/mol. The van der Waals surface area contributed by atoms with E-state index in [2.05, 4.69) is 0 Å². The third kappa shape index (κ3) is 3.74. The van der Waals surface area contributed by atoms with Crippen LogP contribution in [0.25, 0.3) is 0 Å². The molecule has 0 aromatic carbocycles. The van der Waals surface area contributed by atoms with Gasteiger partial charge < -0.3 is 10.8 Å². The number of aliphatic hydroxyl groups excluding tert-OH is 1. The van der Waals surface area contributed by atoms with Crippen LogP contribution in [0.3, 0.4) is 0 Å². The summed E-state index contributed by atoms with van der Waals surface area (Å²) >= 11 is 7.21. The van der Waals surface area contributed by atoms with Crippen LogP contribution < -0.4 is 5.73 Å². The normalized spacial score (nSPS) is 12.2. The molecule has 2 nitrogen and oxygen atoms in total. The van der Waals surface area contributed by atoms with E-state index < -0.39 is 0 Å². The van der Waals surface area contributed by atoms with Crippen LogP contribution in [0.15, 0.2) is 12.1 Å². The number of hydrogen-bond donors (Lipinski definition) is 2. The first kappa shape index (κ1) is 12.2. The number of thiophene rings is 1. The number of halogens is 2. The van der Waals surface area contributed by atoms with E-state index in [-0.39, 0.29) is 25.1 Å². The molecular weight excluding hydrogens is 217 g/mol. The Kier molecular flexibility index (Phi) is 5.88. The van der Waals surface area contributed by atoms with Crippen LogP contribution in [-0.2, 0) is 6.42 Å². The van der Waals surface area contributed by atoms with E-state index in [1.165, 1.54) is 11.3 Å². The Bertz CT molecular complexity index is 229. The van der Waals surface area contributed by atoms with Gasteiger partial charge in [-0.05, 0) is 18.6 Å². The highest BCUT2D eigenvalue weighted by atomic mass is 35.5. The minimum Gasteiger partial charge on any atom is -0.395 e. The zero-order chi connectivity index (χ0) is 8.27. The molecule has 1 atom stereocenters. The summed E-state index contributed by atoms with van der Waals surface area (Å²) in [6.45, 7) is 0.0233. The van der Waals surface area contributed by atoms with Gasteiger partial charge in [0, 0.05) is 10.9 Å². The molecule has 1 aromatic heterocycles. The van der Waals surface area contributed by atoms with E-state index in [9.17, 15) is 0 Å². The van der Waals surface area contributed by atoms with Crippen molar-refractivity contribution in [2.75, 3.05) is 6.61 Å². The third-order valence-electron chi connectivity index (χ3n) is 1.33. The second kappa shape index (κ2) is 5.78. The molecule has 1 aromatic rings. The van der Waals surface area contributed by atoms with Crippen molar-refractivity contribution in [2.45, 2.75) is 12.5 Å². The summed E-state index contributed by atoms with van der Waals surface area (Å²) in [5, 5.41) is 8.65. The minimum absolute atomic E-state index is 0. The first-order valence-electron chi connectivity index (χ1n) is 3.33. The molecule has 0 spiro atoms. The maximum absolute atomic E-state index is 8.65. The Morgan fingerprint density at radius 1 is 1.58 bits per heavy atom. The van der Waals surface area contributed by atoms with Crippen LogP contribution >= 0.6 is 35.3 Å². The van der Waals surface area contributed by atoms with Gasteiger partial charge in [-0.3, -0.25) is 0 Å². The summed E-state index contributed by atoms with van der Waals surface area (Å²) in [5.41, 5.74) is 5.53. The summed E-state index contributed by atoms with van der Waals surface area (Å²) < 4.78 is 0.769. The Balaban J connectivity index is 0.00000121. The maximum atomic E-state index is 8.65. The summed E-state index contributed by atoms with van der Waals surface area (Å²) in [5.74, 6) is 0. The molecule has 0 aliphatic carbocycles. The molecular formula is C7H11Cl2NOS. The number of nitrogens with two attached hydrogens (primary N) is 1. The number of aliphatic hydroxyl groups is 1. The molecule has 1 heterocycles. The smallest absolute Gasteiger partial charge is 0.0931 e. The van der Waals surface area contributed by atoms with E-state index in [0.29, 0.717) is 6.42 Å². The van der Waals surface area contributed by atoms with Crippen molar-refractivity contribution in [3.8, 4) is 0 Å². The number of rotatable bonds is 3. The first-order chi connectivity index (χ1) is 5.22. The van der Waals surface area contributed by atoms with Crippen molar-refractivity contribution in [3.05, 3.63) is 21.3 Å². The molecule has 70 valence electrons. The van der Waals surface area contributed by atoms with Crippen LogP contribution in [0.2, 0.25) is 4.34 Å². The highest BCUT2D eigenvalue weighted by Crippen LogP contribution is 2.21. The van der Waals surface area contributed by atoms with Gasteiger partial charge in [-0.15, -0.1) is 23.7 Å². The van der Waals surface area contributed by atoms with Crippen LogP contribution in [0.5, 0.6) is 0 Å². The van der Waals surface area contributed by atoms with Gasteiger partial charge in [0.1, 0.15) is 0 Å². The van der Waals surface area contributed by atoms with Crippen LogP contribution in [0.1, 0.15) is 4.88 Å². The van der Waals surface area contributed by atoms with Gasteiger partial charge in [-0.1, -0.05) is 11.6 Å². The molecule has 3 N–H and O–H groups in total. The van der Waals surface area contributed by atoms with Crippen LogP contribution in [0.4, 0.5) is 0 Å². The summed E-state index contributed by atoms with van der Waals surface area (Å²) in [4.78, 5) is 1.12. The molecule has 0 radical (unpaired) electrons. The minimum atomic E-state index is -0.162. The fourth-order valence-corrected chi connectivity index (χ4v) is 1.96. The predicted molar refractivity (Wildman–Crippen MR) is 55.3 cm³/mol. The predicted octanol–water partition coefficient (Wildman–Crippen LogP) is 1.69. The fourth-order valence-electron chi connectivity index (χ4n) is 0.784. The van der Waals surface area contributed by atoms with E-state index in [0.717, 1.165) is 9.21 Å². The van der Waals surface area contributed by atoms with Crippen molar-refractivity contribution >= 4 is 35.3 Å². The number of hydrogen-bond acceptors (Lipinski definition) is 3. The van der Waals surface area contributed by atoms with Gasteiger partial charge in [0.15, 0.2) is 0 Å². The molecule has 0 saturated carbocycles. The molecule has 5 heteroatoms. The fraction of sp³-hybridized carbons (Fsp3) is 0.429. The molecule has 0 bridgehead atoms. The van der Waals surface area contributed by atoms with E-state index in [1.54, 1.807) is 0 Å². The van der Waals surface area contributed by atoms with Crippen LogP contribution in [-0.4, -0.2) is 17.8 Å². The molecule has 0 aliphatic rings. The second-order valence-corrected chi connectivity index (χ2v) is 4.15. The lowest BCUT2D eigenvalue weighted by Gasteiger charge is -2.03. The quantitative estimate of drug-likeness (QED) is 0.826. The van der Waals surface area contributed by atoms with Gasteiger partial charge in [0.25, 0.3) is 0 Å². The summed E-state index contributed by atoms with van der Waals surface area (Å²) in [7, 11) is 0. The highest BCUT2D eigenvalue weighted by Gasteiger charge is 2.03. The topological polar surface area (TPSA) is 46.2 Å². The van der Waals surface area contributed by atoms with Gasteiger partial charge in [0.05, 0.1) is 10.9 Å². The standard InChI is InChI=1S/C7H10ClNOS.ClH/c8-7-2-1-6(11-7)3-5(9)4-10;/h1-2,5,10H,3-4,9H2;1H. The first-order valence-corrected chi connectivity index (χ1v) is 4.52. The van der Waals surface area contributed by atoms with Crippen molar-refractivity contribution < 1.29 is 5.11 Å². The zero-order valence-corrected chi connectivity index (χ0v) is 8.75. The summed E-state index contributed by atoms with van der Waals surface area (Å²) in [6, 6.07) is 3.61. The molecule has 0 aliphatic heterocycles. The molecule has 0 saturated heterocycles. The van der Waals surface area contributed by atoms with Crippen LogP contribution in [0, 0.1) is 0 Å². The largest absolute Gasteiger partial charge is 0.395 e. The van der Waals surface area contributed by atoms with Gasteiger partial charge in [-0.25, -0.2) is 0 Å². The lowest BCUT2D eigenvalue weighted by Crippen LogP contribution is -2.26. The lowest BCUT2D eigenvalue weighted by molar-refractivity contribution is 0.266. The summed E-state index contributed by atoms with van der Waals surface area (Å²) in [6.07, 6.45) is 0.702. The molecule has 1 rings (SSSR count). The second-order valence-electron chi connectivity index (χ2n) is 2.35. The Hall–Kier alpha value is 0.200. The molecule has 1 unspecified atom stereocenters. The SMILES string of the molecule is Cl.NC(CO)Cc1ccc(Cl)s1. The molecule has 0 fully saturated rings. The zero-order valence-electron chi connectivity index (χ0n) is 6.37. The third-order valence-corrected chi connectivity index (χ3v) is 2.58. The monoisotopic (exact) mass is 227 g/mol. The Morgan fingerprint density at radius 3 is 2.67 bits per heavy atom. The van der Waals surface area contributed by atoms with Gasteiger partial charge >= 0.3 is 0 Å². The van der Waals surface area contributed by atoms with E-state index in [1.807, 2.05) is 12.1 Å². The van der Waals surface area contributed by atoms with Gasteiger partial charge in [-0.2, -0.15) is 0 Å². The highest BCUT2D eigenvalue weighted by molar-refractivity contribution is 7.16. The molecule has 0 amide bonds. The molecule has 12 heavy (non-hydrogen) atoms. The Morgan fingerprint density at radius 2 is 2.25 bits per heavy atom. The Labute approximate surface area is 86.8 Å². The van der Waals surface area contributed by atoms with Crippen molar-refractivity contribution in [2.24, 2.45) is 5.73 Å². The lowest BCUT2D eigenvalue weighted by atomic mass is 10.2. The van der Waals surface area contributed by atoms with Crippen molar-refractivity contribution in [1.29, 1.82) is 0 Å². The maximum Gasteiger partial charge on any atom is 0.0931 e.